The summed E-state index contributed by atoms with van der Waals surface area (Å²) in [5.74, 6) is -5.26. The zero-order valence-corrected chi connectivity index (χ0v) is 21.6. The Morgan fingerprint density at radius 3 is 1.89 bits per heavy atom. The fraction of sp³-hybridized carbons (Fsp3) is 0.520. The van der Waals surface area contributed by atoms with Crippen LogP contribution in [-0.2, 0) is 35.2 Å². The van der Waals surface area contributed by atoms with Crippen molar-refractivity contribution in [3.63, 3.8) is 0 Å². The van der Waals surface area contributed by atoms with Crippen molar-refractivity contribution in [3.8, 4) is 0 Å². The summed E-state index contributed by atoms with van der Waals surface area (Å²) >= 11 is 0. The average molecular weight is 535 g/mol. The molecule has 13 heteroatoms. The lowest BCUT2D eigenvalue weighted by Crippen LogP contribution is -2.59. The third-order valence-corrected chi connectivity index (χ3v) is 6.04. The molecule has 10 N–H and O–H groups in total. The molecule has 1 aromatic rings. The van der Waals surface area contributed by atoms with E-state index in [0.717, 1.165) is 0 Å². The first-order valence-electron chi connectivity index (χ1n) is 12.4. The van der Waals surface area contributed by atoms with Crippen molar-refractivity contribution in [2.24, 2.45) is 23.1 Å². The Morgan fingerprint density at radius 2 is 1.37 bits per heavy atom. The van der Waals surface area contributed by atoms with Gasteiger partial charge in [0.2, 0.25) is 29.5 Å². The second-order valence-electron chi connectivity index (χ2n) is 9.14. The number of benzene rings is 1. The van der Waals surface area contributed by atoms with Crippen molar-refractivity contribution >= 4 is 35.5 Å². The van der Waals surface area contributed by atoms with Gasteiger partial charge in [0.1, 0.15) is 18.1 Å². The molecule has 0 aliphatic heterocycles. The van der Waals surface area contributed by atoms with Crippen molar-refractivity contribution in [1.82, 2.24) is 16.0 Å². The number of carbonyl (C=O) groups is 6. The quantitative estimate of drug-likeness (QED) is 0.126. The molecule has 13 nitrogen and oxygen atoms in total. The molecular weight excluding hydrogens is 496 g/mol. The van der Waals surface area contributed by atoms with E-state index in [0.29, 0.717) is 12.0 Å². The highest BCUT2D eigenvalue weighted by atomic mass is 16.4. The molecule has 0 radical (unpaired) electrons. The third-order valence-electron chi connectivity index (χ3n) is 6.04. The number of primary amides is 2. The van der Waals surface area contributed by atoms with Crippen LogP contribution in [0.2, 0.25) is 0 Å². The van der Waals surface area contributed by atoms with E-state index in [1.165, 1.54) is 0 Å². The van der Waals surface area contributed by atoms with Crippen LogP contribution in [0.25, 0.3) is 0 Å². The standard InChI is InChI=1S/C25H38N6O7/c1-3-14(2)21(24(36)30-18(25(37)38)13-15-7-5-4-6-8-15)31-23(35)17(10-12-20(28)33)29-22(34)16(26)9-11-19(27)32/h4-8,14,16-18,21H,3,9-13,26H2,1-2H3,(H2,27,32)(H2,28,33)(H,29,34)(H,30,36)(H,31,35)(H,37,38). The van der Waals surface area contributed by atoms with Gasteiger partial charge in [0.05, 0.1) is 6.04 Å². The van der Waals surface area contributed by atoms with Gasteiger partial charge in [0.25, 0.3) is 0 Å². The van der Waals surface area contributed by atoms with E-state index in [1.54, 1.807) is 44.2 Å². The lowest BCUT2D eigenvalue weighted by molar-refractivity contribution is -0.142. The molecule has 1 rings (SSSR count). The van der Waals surface area contributed by atoms with Crippen LogP contribution in [0, 0.1) is 5.92 Å². The Bertz CT molecular complexity index is 988. The Morgan fingerprint density at radius 1 is 0.816 bits per heavy atom. The molecule has 0 aromatic heterocycles. The Hall–Kier alpha value is -4.00. The number of carboxylic acids is 1. The molecule has 5 unspecified atom stereocenters. The van der Waals surface area contributed by atoms with Gasteiger partial charge in [-0.1, -0.05) is 50.6 Å². The third kappa shape index (κ3) is 11.4. The number of rotatable bonds is 17. The predicted octanol–water partition coefficient (Wildman–Crippen LogP) is -1.33. The number of hydrogen-bond acceptors (Lipinski definition) is 7. The summed E-state index contributed by atoms with van der Waals surface area (Å²) in [6.45, 7) is 3.49. The van der Waals surface area contributed by atoms with E-state index < -0.39 is 65.6 Å². The van der Waals surface area contributed by atoms with Gasteiger partial charge in [0, 0.05) is 19.3 Å². The molecular formula is C25H38N6O7. The van der Waals surface area contributed by atoms with Gasteiger partial charge in [-0.25, -0.2) is 4.79 Å². The summed E-state index contributed by atoms with van der Waals surface area (Å²) in [6, 6.07) is 3.94. The van der Waals surface area contributed by atoms with Crippen molar-refractivity contribution in [3.05, 3.63) is 35.9 Å². The first-order valence-corrected chi connectivity index (χ1v) is 12.4. The van der Waals surface area contributed by atoms with Crippen LogP contribution >= 0.6 is 0 Å². The largest absolute Gasteiger partial charge is 0.480 e. The van der Waals surface area contributed by atoms with E-state index in [4.69, 9.17) is 17.2 Å². The normalized spacial score (nSPS) is 14.7. The number of carbonyl (C=O) groups excluding carboxylic acids is 5. The van der Waals surface area contributed by atoms with Crippen LogP contribution in [0.1, 0.15) is 51.5 Å². The van der Waals surface area contributed by atoms with Crippen LogP contribution in [0.4, 0.5) is 0 Å². The molecule has 0 spiro atoms. The maximum atomic E-state index is 13.1. The van der Waals surface area contributed by atoms with Crippen molar-refractivity contribution in [1.29, 1.82) is 0 Å². The van der Waals surface area contributed by atoms with E-state index in [2.05, 4.69) is 16.0 Å². The van der Waals surface area contributed by atoms with E-state index in [-0.39, 0.29) is 32.1 Å². The van der Waals surface area contributed by atoms with Gasteiger partial charge in [-0.2, -0.15) is 0 Å². The first kappa shape index (κ1) is 32.0. The van der Waals surface area contributed by atoms with Crippen LogP contribution in [0.15, 0.2) is 30.3 Å². The van der Waals surface area contributed by atoms with Crippen molar-refractivity contribution in [2.45, 2.75) is 76.5 Å². The van der Waals surface area contributed by atoms with Gasteiger partial charge < -0.3 is 38.3 Å². The van der Waals surface area contributed by atoms with Gasteiger partial charge in [-0.05, 0) is 24.3 Å². The maximum Gasteiger partial charge on any atom is 0.326 e. The Labute approximate surface area is 221 Å². The Balaban J connectivity index is 3.03. The average Bonchev–Trinajstić information content (AvgIpc) is 2.87. The van der Waals surface area contributed by atoms with Gasteiger partial charge >= 0.3 is 5.97 Å². The Kier molecular flexibility index (Phi) is 13.5. The highest BCUT2D eigenvalue weighted by Crippen LogP contribution is 2.11. The lowest BCUT2D eigenvalue weighted by Gasteiger charge is -2.28. The summed E-state index contributed by atoms with van der Waals surface area (Å²) in [5, 5.41) is 17.1. The van der Waals surface area contributed by atoms with Gasteiger partial charge in [-0.15, -0.1) is 0 Å². The van der Waals surface area contributed by atoms with Crippen molar-refractivity contribution in [2.75, 3.05) is 0 Å². The molecule has 5 amide bonds. The molecule has 0 bridgehead atoms. The predicted molar refractivity (Wildman–Crippen MR) is 138 cm³/mol. The zero-order chi connectivity index (χ0) is 28.8. The van der Waals surface area contributed by atoms with Crippen molar-refractivity contribution < 1.29 is 33.9 Å². The highest BCUT2D eigenvalue weighted by molar-refractivity contribution is 5.94. The number of aliphatic carboxylic acids is 1. The van der Waals surface area contributed by atoms with E-state index >= 15 is 0 Å². The molecule has 0 saturated carbocycles. The minimum absolute atomic E-state index is 0.0313. The molecule has 38 heavy (non-hydrogen) atoms. The number of nitrogens with two attached hydrogens (primary N) is 3. The fourth-order valence-electron chi connectivity index (χ4n) is 3.53. The lowest BCUT2D eigenvalue weighted by atomic mass is 9.96. The second kappa shape index (κ2) is 16.0. The molecule has 1 aromatic carbocycles. The van der Waals surface area contributed by atoms with Crippen LogP contribution < -0.4 is 33.2 Å². The van der Waals surface area contributed by atoms with Crippen LogP contribution in [0.5, 0.6) is 0 Å². The monoisotopic (exact) mass is 534 g/mol. The molecule has 0 saturated heterocycles. The fourth-order valence-corrected chi connectivity index (χ4v) is 3.53. The summed E-state index contributed by atoms with van der Waals surface area (Å²) in [7, 11) is 0. The number of amides is 5. The minimum atomic E-state index is -1.27. The first-order chi connectivity index (χ1) is 17.8. The zero-order valence-electron chi connectivity index (χ0n) is 21.6. The highest BCUT2D eigenvalue weighted by Gasteiger charge is 2.33. The topological polar surface area (TPSA) is 237 Å². The van der Waals surface area contributed by atoms with Gasteiger partial charge in [0.15, 0.2) is 0 Å². The smallest absolute Gasteiger partial charge is 0.326 e. The SMILES string of the molecule is CCC(C)C(NC(=O)C(CCC(N)=O)NC(=O)C(N)CCC(N)=O)C(=O)NC(Cc1ccccc1)C(=O)O. The molecule has 5 atom stereocenters. The molecule has 0 fully saturated rings. The van der Waals surface area contributed by atoms with Gasteiger partial charge in [-0.3, -0.25) is 24.0 Å². The van der Waals surface area contributed by atoms with Crippen LogP contribution in [-0.4, -0.2) is 64.8 Å². The summed E-state index contributed by atoms with van der Waals surface area (Å²) < 4.78 is 0. The number of carboxylic acid groups (broad SMARTS) is 1. The summed E-state index contributed by atoms with van der Waals surface area (Å²) in [4.78, 5) is 72.9. The number of hydrogen-bond donors (Lipinski definition) is 7. The summed E-state index contributed by atoms with van der Waals surface area (Å²) in [6.07, 6.45) is -0.115. The molecule has 0 aliphatic carbocycles. The number of nitrogens with one attached hydrogen (secondary N) is 3. The van der Waals surface area contributed by atoms with E-state index in [1.807, 2.05) is 0 Å². The minimum Gasteiger partial charge on any atom is -0.480 e. The van der Waals surface area contributed by atoms with Crippen LogP contribution in [0.3, 0.4) is 0 Å². The van der Waals surface area contributed by atoms with E-state index in [9.17, 15) is 33.9 Å². The molecule has 0 heterocycles. The summed E-state index contributed by atoms with van der Waals surface area (Å²) in [5.41, 5.74) is 16.7. The maximum absolute atomic E-state index is 13.1. The second-order valence-corrected chi connectivity index (χ2v) is 9.14. The molecule has 0 aliphatic rings. The molecule has 210 valence electrons.